The summed E-state index contributed by atoms with van der Waals surface area (Å²) in [4.78, 5) is 11.9. The van der Waals surface area contributed by atoms with E-state index in [-0.39, 0.29) is 24.0 Å². The van der Waals surface area contributed by atoms with Crippen LogP contribution in [0.15, 0.2) is 24.3 Å². The average molecular weight is 330 g/mol. The summed E-state index contributed by atoms with van der Waals surface area (Å²) in [7, 11) is 0. The largest absolute Gasteiger partial charge is 0.491 e. The van der Waals surface area contributed by atoms with Crippen LogP contribution in [-0.2, 0) is 4.79 Å². The van der Waals surface area contributed by atoms with Crippen molar-refractivity contribution in [1.29, 1.82) is 0 Å². The van der Waals surface area contributed by atoms with E-state index in [1.807, 2.05) is 0 Å². The minimum absolute atomic E-state index is 0.00769. The highest BCUT2D eigenvalue weighted by atomic mass is 19.4. The van der Waals surface area contributed by atoms with Crippen LogP contribution in [0.25, 0.3) is 0 Å². The minimum atomic E-state index is -4.55. The number of benzene rings is 1. The number of amides is 1. The van der Waals surface area contributed by atoms with E-state index in [1.165, 1.54) is 18.2 Å². The molecule has 1 saturated heterocycles. The Kier molecular flexibility index (Phi) is 4.61. The minimum Gasteiger partial charge on any atom is -0.491 e. The van der Waals surface area contributed by atoms with Crippen molar-refractivity contribution in [2.75, 3.05) is 6.54 Å². The molecular weight excluding hydrogens is 309 g/mol. The first-order chi connectivity index (χ1) is 10.5. The van der Waals surface area contributed by atoms with E-state index in [1.54, 1.807) is 33.8 Å². The summed E-state index contributed by atoms with van der Waals surface area (Å²) in [5, 5.41) is 0.949. The Morgan fingerprint density at radius 3 is 2.35 bits per heavy atom. The second kappa shape index (κ2) is 6.03. The third-order valence-electron chi connectivity index (χ3n) is 3.62. The lowest BCUT2D eigenvalue weighted by Gasteiger charge is -2.31. The number of halogens is 3. The van der Waals surface area contributed by atoms with Crippen LogP contribution in [0.1, 0.15) is 39.3 Å². The Balaban J connectivity index is 2.44. The molecule has 0 unspecified atom stereocenters. The summed E-state index contributed by atoms with van der Waals surface area (Å²) in [5.74, 6) is -0.252. The SMILES string of the molecule is CC(C)Oc1ccccc1[C@H](N1CC(C)(C)C(=O)N1)C(F)(F)F. The van der Waals surface area contributed by atoms with Gasteiger partial charge >= 0.3 is 6.18 Å². The van der Waals surface area contributed by atoms with Gasteiger partial charge in [-0.15, -0.1) is 0 Å². The van der Waals surface area contributed by atoms with Crippen molar-refractivity contribution in [3.63, 3.8) is 0 Å². The van der Waals surface area contributed by atoms with Crippen molar-refractivity contribution in [2.24, 2.45) is 5.41 Å². The van der Waals surface area contributed by atoms with Gasteiger partial charge in [-0.2, -0.15) is 13.2 Å². The number of ether oxygens (including phenoxy) is 1. The lowest BCUT2D eigenvalue weighted by molar-refractivity contribution is -0.192. The van der Waals surface area contributed by atoms with Gasteiger partial charge in [-0.1, -0.05) is 18.2 Å². The summed E-state index contributed by atoms with van der Waals surface area (Å²) >= 11 is 0. The molecule has 1 aromatic carbocycles. The van der Waals surface area contributed by atoms with Crippen molar-refractivity contribution in [3.05, 3.63) is 29.8 Å². The molecule has 0 aliphatic carbocycles. The zero-order valence-electron chi connectivity index (χ0n) is 13.6. The smallest absolute Gasteiger partial charge is 0.410 e. The van der Waals surface area contributed by atoms with E-state index in [2.05, 4.69) is 5.43 Å². The molecule has 1 fully saturated rings. The third-order valence-corrected chi connectivity index (χ3v) is 3.62. The fourth-order valence-electron chi connectivity index (χ4n) is 2.56. The van der Waals surface area contributed by atoms with Gasteiger partial charge in [-0.3, -0.25) is 10.2 Å². The van der Waals surface area contributed by atoms with Crippen molar-refractivity contribution in [2.45, 2.75) is 46.0 Å². The van der Waals surface area contributed by atoms with Gasteiger partial charge in [0, 0.05) is 12.1 Å². The van der Waals surface area contributed by atoms with Crippen LogP contribution in [0.5, 0.6) is 5.75 Å². The maximum Gasteiger partial charge on any atom is 0.410 e. The molecule has 1 aromatic rings. The molecule has 0 saturated carbocycles. The number of alkyl halides is 3. The van der Waals surface area contributed by atoms with Crippen LogP contribution in [0, 0.1) is 5.41 Å². The molecule has 1 heterocycles. The topological polar surface area (TPSA) is 41.6 Å². The number of nitrogens with zero attached hydrogens (tertiary/aromatic N) is 1. The summed E-state index contributed by atoms with van der Waals surface area (Å²) in [6.45, 7) is 6.70. The zero-order chi connectivity index (χ0) is 17.4. The molecule has 0 spiro atoms. The second-order valence-electron chi connectivity index (χ2n) is 6.60. The van der Waals surface area contributed by atoms with Crippen molar-refractivity contribution in [1.82, 2.24) is 10.4 Å². The standard InChI is InChI=1S/C16H21F3N2O2/c1-10(2)23-12-8-6-5-7-11(12)13(16(17,18)19)21-9-15(3,4)14(22)20-21/h5-8,10,13H,9H2,1-4H3,(H,20,22)/t13-/m0/s1. The van der Waals surface area contributed by atoms with E-state index in [9.17, 15) is 18.0 Å². The molecule has 23 heavy (non-hydrogen) atoms. The van der Waals surface area contributed by atoms with E-state index >= 15 is 0 Å². The first kappa shape index (κ1) is 17.6. The molecule has 2 rings (SSSR count). The van der Waals surface area contributed by atoms with Crippen molar-refractivity contribution < 1.29 is 22.7 Å². The molecule has 0 bridgehead atoms. The number of hydrazine groups is 1. The molecule has 1 aliphatic heterocycles. The maximum absolute atomic E-state index is 13.7. The Hall–Kier alpha value is -1.76. The fraction of sp³-hybridized carbons (Fsp3) is 0.562. The Morgan fingerprint density at radius 1 is 1.26 bits per heavy atom. The van der Waals surface area contributed by atoms with Gasteiger partial charge in [0.2, 0.25) is 5.91 Å². The van der Waals surface area contributed by atoms with Crippen LogP contribution in [-0.4, -0.2) is 29.7 Å². The summed E-state index contributed by atoms with van der Waals surface area (Å²) in [6, 6.07) is 4.10. The van der Waals surface area contributed by atoms with E-state index in [4.69, 9.17) is 4.74 Å². The van der Waals surface area contributed by atoms with Gasteiger partial charge in [0.15, 0.2) is 6.04 Å². The molecule has 1 amide bonds. The van der Waals surface area contributed by atoms with Crippen LogP contribution >= 0.6 is 0 Å². The number of hydrogen-bond donors (Lipinski definition) is 1. The monoisotopic (exact) mass is 330 g/mol. The van der Waals surface area contributed by atoms with Gasteiger partial charge in [0.25, 0.3) is 0 Å². The molecule has 1 atom stereocenters. The normalized spacial score (nSPS) is 19.7. The highest BCUT2D eigenvalue weighted by Crippen LogP contribution is 2.43. The number of carbonyl (C=O) groups excluding carboxylic acids is 1. The number of para-hydroxylation sites is 1. The van der Waals surface area contributed by atoms with E-state index < -0.39 is 23.5 Å². The first-order valence-corrected chi connectivity index (χ1v) is 7.42. The first-order valence-electron chi connectivity index (χ1n) is 7.42. The molecule has 0 aromatic heterocycles. The lowest BCUT2D eigenvalue weighted by atomic mass is 9.93. The Labute approximate surface area is 133 Å². The Morgan fingerprint density at radius 2 is 1.87 bits per heavy atom. The molecular formula is C16H21F3N2O2. The van der Waals surface area contributed by atoms with Crippen molar-refractivity contribution >= 4 is 5.91 Å². The zero-order valence-corrected chi connectivity index (χ0v) is 13.6. The van der Waals surface area contributed by atoms with Crippen LogP contribution in [0.3, 0.4) is 0 Å². The molecule has 4 nitrogen and oxygen atoms in total. The van der Waals surface area contributed by atoms with Gasteiger partial charge < -0.3 is 4.74 Å². The highest BCUT2D eigenvalue weighted by molar-refractivity contribution is 5.83. The predicted molar refractivity (Wildman–Crippen MR) is 79.6 cm³/mol. The predicted octanol–water partition coefficient (Wildman–Crippen LogP) is 3.45. The molecule has 128 valence electrons. The fourth-order valence-corrected chi connectivity index (χ4v) is 2.56. The van der Waals surface area contributed by atoms with Crippen LogP contribution in [0.4, 0.5) is 13.2 Å². The molecule has 7 heteroatoms. The number of rotatable bonds is 4. The maximum atomic E-state index is 13.7. The van der Waals surface area contributed by atoms with Gasteiger partial charge in [-0.05, 0) is 33.8 Å². The second-order valence-corrected chi connectivity index (χ2v) is 6.60. The number of carbonyl (C=O) groups is 1. The quantitative estimate of drug-likeness (QED) is 0.919. The van der Waals surface area contributed by atoms with Gasteiger partial charge in [0.05, 0.1) is 11.5 Å². The molecule has 1 N–H and O–H groups in total. The molecule has 0 radical (unpaired) electrons. The van der Waals surface area contributed by atoms with E-state index in [0.717, 1.165) is 5.01 Å². The average Bonchev–Trinajstić information content (AvgIpc) is 2.63. The third kappa shape index (κ3) is 3.77. The highest BCUT2D eigenvalue weighted by Gasteiger charge is 2.52. The number of hydrogen-bond acceptors (Lipinski definition) is 3. The summed E-state index contributed by atoms with van der Waals surface area (Å²) in [5.41, 5.74) is 1.46. The van der Waals surface area contributed by atoms with Crippen molar-refractivity contribution in [3.8, 4) is 5.75 Å². The summed E-state index contributed by atoms with van der Waals surface area (Å²) < 4.78 is 46.6. The van der Waals surface area contributed by atoms with E-state index in [0.29, 0.717) is 0 Å². The lowest BCUT2D eigenvalue weighted by Crippen LogP contribution is -2.43. The van der Waals surface area contributed by atoms with Crippen LogP contribution < -0.4 is 10.2 Å². The number of nitrogens with one attached hydrogen (secondary N) is 1. The van der Waals surface area contributed by atoms with Gasteiger partial charge in [0.1, 0.15) is 5.75 Å². The summed E-state index contributed by atoms with van der Waals surface area (Å²) in [6.07, 6.45) is -4.81. The Bertz CT molecular complexity index is 585. The molecule has 1 aliphatic rings. The van der Waals surface area contributed by atoms with Gasteiger partial charge in [-0.25, -0.2) is 5.01 Å². The van der Waals surface area contributed by atoms with Crippen LogP contribution in [0.2, 0.25) is 0 Å².